The average molecular weight is 346 g/mol. The molecule has 0 spiro atoms. The number of anilines is 1. The molecular formula is C18H22N2O5. The van der Waals surface area contributed by atoms with Crippen molar-refractivity contribution in [1.29, 1.82) is 0 Å². The number of hydrogen-bond donors (Lipinski definition) is 2. The molecule has 0 bridgehead atoms. The van der Waals surface area contributed by atoms with Gasteiger partial charge in [0.2, 0.25) is 0 Å². The standard InChI is InChI=1S/C18H22N2O5/c1-10(20-7-3-4-13(9-20)18(23)24)16(21)12-5-6-15-14(8-12)19-17(22)11(2)25-15/h5-6,8,10-11,13H,3-4,7,9H2,1-2H3,(H,19,22)(H,23,24). The van der Waals surface area contributed by atoms with Crippen molar-refractivity contribution in [2.24, 2.45) is 5.92 Å². The summed E-state index contributed by atoms with van der Waals surface area (Å²) in [7, 11) is 0. The number of hydrogen-bond acceptors (Lipinski definition) is 5. The summed E-state index contributed by atoms with van der Waals surface area (Å²) < 4.78 is 5.50. The van der Waals surface area contributed by atoms with Gasteiger partial charge >= 0.3 is 5.97 Å². The van der Waals surface area contributed by atoms with Gasteiger partial charge < -0.3 is 15.2 Å². The van der Waals surface area contributed by atoms with Crippen LogP contribution in [0.2, 0.25) is 0 Å². The molecule has 1 fully saturated rings. The number of ketones is 1. The van der Waals surface area contributed by atoms with Crippen molar-refractivity contribution in [3.63, 3.8) is 0 Å². The Morgan fingerprint density at radius 1 is 1.40 bits per heavy atom. The molecule has 2 heterocycles. The molecule has 0 radical (unpaired) electrons. The molecule has 3 unspecified atom stereocenters. The molecule has 0 aliphatic carbocycles. The van der Waals surface area contributed by atoms with Crippen LogP contribution in [0.1, 0.15) is 37.0 Å². The van der Waals surface area contributed by atoms with Crippen LogP contribution in [0, 0.1) is 5.92 Å². The van der Waals surface area contributed by atoms with E-state index in [9.17, 15) is 19.5 Å². The molecule has 0 aromatic heterocycles. The summed E-state index contributed by atoms with van der Waals surface area (Å²) in [5, 5.41) is 11.9. The number of amides is 1. The van der Waals surface area contributed by atoms with Crippen LogP contribution in [0.4, 0.5) is 5.69 Å². The Morgan fingerprint density at radius 3 is 2.88 bits per heavy atom. The maximum absolute atomic E-state index is 12.8. The first kappa shape index (κ1) is 17.4. The van der Waals surface area contributed by atoms with Gasteiger partial charge in [0.1, 0.15) is 5.75 Å². The maximum atomic E-state index is 12.8. The van der Waals surface area contributed by atoms with Gasteiger partial charge in [-0.2, -0.15) is 0 Å². The van der Waals surface area contributed by atoms with Crippen molar-refractivity contribution in [2.45, 2.75) is 38.8 Å². The van der Waals surface area contributed by atoms with Crippen LogP contribution in [0.3, 0.4) is 0 Å². The zero-order valence-electron chi connectivity index (χ0n) is 14.3. The number of carbonyl (C=O) groups is 3. The quantitative estimate of drug-likeness (QED) is 0.807. The highest BCUT2D eigenvalue weighted by molar-refractivity contribution is 6.03. The minimum atomic E-state index is -0.813. The van der Waals surface area contributed by atoms with E-state index in [0.29, 0.717) is 36.5 Å². The Morgan fingerprint density at radius 2 is 2.16 bits per heavy atom. The Bertz CT molecular complexity index is 717. The number of fused-ring (bicyclic) bond motifs is 1. The fourth-order valence-corrected chi connectivity index (χ4v) is 3.33. The number of nitrogens with one attached hydrogen (secondary N) is 1. The van der Waals surface area contributed by atoms with Gasteiger partial charge in [0, 0.05) is 12.1 Å². The number of aliphatic carboxylic acids is 1. The Balaban J connectivity index is 1.75. The third kappa shape index (κ3) is 3.51. The van der Waals surface area contributed by atoms with E-state index in [2.05, 4.69) is 5.32 Å². The SMILES string of the molecule is CC1Oc2ccc(C(=O)C(C)N3CCCC(C(=O)O)C3)cc2NC1=O. The van der Waals surface area contributed by atoms with E-state index in [0.717, 1.165) is 6.42 Å². The maximum Gasteiger partial charge on any atom is 0.307 e. The summed E-state index contributed by atoms with van der Waals surface area (Å²) in [6.07, 6.45) is 0.850. The molecule has 134 valence electrons. The second kappa shape index (κ2) is 6.84. The number of nitrogens with zero attached hydrogens (tertiary/aromatic N) is 1. The molecule has 7 nitrogen and oxygen atoms in total. The van der Waals surface area contributed by atoms with Gasteiger partial charge in [0.25, 0.3) is 5.91 Å². The molecule has 1 saturated heterocycles. The lowest BCUT2D eigenvalue weighted by molar-refractivity contribution is -0.143. The van der Waals surface area contributed by atoms with Gasteiger partial charge in [-0.15, -0.1) is 0 Å². The van der Waals surface area contributed by atoms with Crippen molar-refractivity contribution in [2.75, 3.05) is 18.4 Å². The monoisotopic (exact) mass is 346 g/mol. The molecule has 1 aromatic rings. The number of rotatable bonds is 4. The molecule has 2 aliphatic rings. The fraction of sp³-hybridized carbons (Fsp3) is 0.500. The van der Waals surface area contributed by atoms with E-state index in [1.165, 1.54) is 0 Å². The second-order valence-corrected chi connectivity index (χ2v) is 6.67. The summed E-state index contributed by atoms with van der Waals surface area (Å²) in [4.78, 5) is 37.7. The summed E-state index contributed by atoms with van der Waals surface area (Å²) >= 11 is 0. The van der Waals surface area contributed by atoms with E-state index in [1.807, 2.05) is 4.90 Å². The third-order valence-corrected chi connectivity index (χ3v) is 4.92. The second-order valence-electron chi connectivity index (χ2n) is 6.67. The van der Waals surface area contributed by atoms with Crippen LogP contribution in [-0.2, 0) is 9.59 Å². The van der Waals surface area contributed by atoms with Crippen LogP contribution in [-0.4, -0.2) is 52.9 Å². The van der Waals surface area contributed by atoms with Crippen molar-refractivity contribution in [1.82, 2.24) is 4.90 Å². The topological polar surface area (TPSA) is 95.9 Å². The number of carbonyl (C=O) groups excluding carboxylic acids is 2. The lowest BCUT2D eigenvalue weighted by atomic mass is 9.95. The van der Waals surface area contributed by atoms with Gasteiger partial charge in [0.15, 0.2) is 11.9 Å². The molecule has 25 heavy (non-hydrogen) atoms. The predicted octanol–water partition coefficient (Wildman–Crippen LogP) is 1.77. The molecule has 1 aromatic carbocycles. The minimum absolute atomic E-state index is 0.0956. The number of benzene rings is 1. The van der Waals surface area contributed by atoms with Crippen molar-refractivity contribution in [3.05, 3.63) is 23.8 Å². The van der Waals surface area contributed by atoms with Crippen molar-refractivity contribution < 1.29 is 24.2 Å². The smallest absolute Gasteiger partial charge is 0.307 e. The first-order valence-corrected chi connectivity index (χ1v) is 8.49. The summed E-state index contributed by atoms with van der Waals surface area (Å²) in [6.45, 7) is 4.54. The number of ether oxygens (including phenoxy) is 1. The molecule has 0 saturated carbocycles. The van der Waals surface area contributed by atoms with Crippen LogP contribution in [0.5, 0.6) is 5.75 Å². The van der Waals surface area contributed by atoms with Gasteiger partial charge in [-0.3, -0.25) is 19.3 Å². The molecular weight excluding hydrogens is 324 g/mol. The highest BCUT2D eigenvalue weighted by Crippen LogP contribution is 2.31. The van der Waals surface area contributed by atoms with Gasteiger partial charge in [-0.1, -0.05) is 0 Å². The number of piperidine rings is 1. The van der Waals surface area contributed by atoms with Crippen molar-refractivity contribution >= 4 is 23.3 Å². The van der Waals surface area contributed by atoms with Crippen molar-refractivity contribution in [3.8, 4) is 5.75 Å². The highest BCUT2D eigenvalue weighted by atomic mass is 16.5. The summed E-state index contributed by atoms with van der Waals surface area (Å²) in [5.74, 6) is -1.04. The van der Waals surface area contributed by atoms with Gasteiger partial charge in [-0.25, -0.2) is 0 Å². The molecule has 7 heteroatoms. The van der Waals surface area contributed by atoms with E-state index >= 15 is 0 Å². The molecule has 3 rings (SSSR count). The Labute approximate surface area is 146 Å². The Hall–Kier alpha value is -2.41. The average Bonchev–Trinajstić information content (AvgIpc) is 2.61. The van der Waals surface area contributed by atoms with Crippen LogP contribution >= 0.6 is 0 Å². The zero-order valence-corrected chi connectivity index (χ0v) is 14.3. The van der Waals surface area contributed by atoms with E-state index < -0.39 is 24.0 Å². The Kier molecular flexibility index (Phi) is 4.76. The van der Waals surface area contributed by atoms with Crippen LogP contribution in [0.15, 0.2) is 18.2 Å². The minimum Gasteiger partial charge on any atom is -0.481 e. The first-order valence-electron chi connectivity index (χ1n) is 8.49. The van der Waals surface area contributed by atoms with E-state index in [-0.39, 0.29) is 11.7 Å². The molecule has 1 amide bonds. The van der Waals surface area contributed by atoms with E-state index in [4.69, 9.17) is 4.74 Å². The number of carboxylic acids is 1. The zero-order chi connectivity index (χ0) is 18.1. The van der Waals surface area contributed by atoms with E-state index in [1.54, 1.807) is 32.0 Å². The lowest BCUT2D eigenvalue weighted by Crippen LogP contribution is -2.46. The first-order chi connectivity index (χ1) is 11.9. The molecule has 3 atom stereocenters. The number of likely N-dealkylation sites (tertiary alicyclic amines) is 1. The summed E-state index contributed by atoms with van der Waals surface area (Å²) in [5.41, 5.74) is 0.963. The number of Topliss-reactive ketones (excluding diaryl/α,β-unsaturated/α-hetero) is 1. The summed E-state index contributed by atoms with van der Waals surface area (Å²) in [6, 6.07) is 4.57. The predicted molar refractivity (Wildman–Crippen MR) is 90.9 cm³/mol. The van der Waals surface area contributed by atoms with Crippen LogP contribution < -0.4 is 10.1 Å². The number of carboxylic acid groups (broad SMARTS) is 1. The largest absolute Gasteiger partial charge is 0.481 e. The fourth-order valence-electron chi connectivity index (χ4n) is 3.33. The van der Waals surface area contributed by atoms with Gasteiger partial charge in [0.05, 0.1) is 17.6 Å². The molecule has 2 aliphatic heterocycles. The highest BCUT2D eigenvalue weighted by Gasteiger charge is 2.32. The lowest BCUT2D eigenvalue weighted by Gasteiger charge is -2.34. The third-order valence-electron chi connectivity index (χ3n) is 4.92. The molecule has 2 N–H and O–H groups in total. The normalized spacial score (nSPS) is 24.6. The van der Waals surface area contributed by atoms with Gasteiger partial charge in [-0.05, 0) is 51.4 Å². The van der Waals surface area contributed by atoms with Crippen LogP contribution in [0.25, 0.3) is 0 Å².